The Morgan fingerprint density at radius 2 is 2.17 bits per heavy atom. The number of nitrogens with one attached hydrogen (secondary N) is 1. The summed E-state index contributed by atoms with van der Waals surface area (Å²) in [7, 11) is 0. The predicted octanol–water partition coefficient (Wildman–Crippen LogP) is 1.52. The summed E-state index contributed by atoms with van der Waals surface area (Å²) in [5, 5.41) is 5.48. The Morgan fingerprint density at radius 3 is 2.94 bits per heavy atom. The molecule has 96 valence electrons. The van der Waals surface area contributed by atoms with Crippen LogP contribution >= 0.6 is 11.3 Å². The van der Waals surface area contributed by atoms with E-state index in [0.29, 0.717) is 0 Å². The van der Waals surface area contributed by atoms with Crippen LogP contribution in [-0.4, -0.2) is 47.2 Å². The van der Waals surface area contributed by atoms with Crippen molar-refractivity contribution >= 4 is 11.3 Å². The summed E-state index contributed by atoms with van der Waals surface area (Å²) < 4.78 is 2.26. The summed E-state index contributed by atoms with van der Waals surface area (Å²) in [5.41, 5.74) is 0. The van der Waals surface area contributed by atoms with E-state index in [0.717, 1.165) is 45.1 Å². The van der Waals surface area contributed by atoms with Crippen molar-refractivity contribution in [2.75, 3.05) is 32.7 Å². The number of piperazine rings is 1. The highest BCUT2D eigenvalue weighted by atomic mass is 32.1. The van der Waals surface area contributed by atoms with Crippen LogP contribution in [0.2, 0.25) is 0 Å². The highest BCUT2D eigenvalue weighted by Gasteiger charge is 2.11. The van der Waals surface area contributed by atoms with Crippen LogP contribution in [0.1, 0.15) is 0 Å². The van der Waals surface area contributed by atoms with Crippen molar-refractivity contribution in [3.05, 3.63) is 29.9 Å². The molecule has 0 aliphatic carbocycles. The third kappa shape index (κ3) is 2.63. The molecule has 0 amide bonds. The van der Waals surface area contributed by atoms with Crippen LogP contribution < -0.4 is 5.32 Å². The van der Waals surface area contributed by atoms with Gasteiger partial charge in [0, 0.05) is 51.7 Å². The fourth-order valence-corrected chi connectivity index (χ4v) is 3.04. The van der Waals surface area contributed by atoms with E-state index < -0.39 is 0 Å². The molecule has 0 saturated carbocycles. The molecule has 0 bridgehead atoms. The molecule has 1 aliphatic heterocycles. The maximum Gasteiger partial charge on any atom is 0.150 e. The Kier molecular flexibility index (Phi) is 3.73. The van der Waals surface area contributed by atoms with Crippen molar-refractivity contribution in [2.45, 2.75) is 6.54 Å². The third-order valence-corrected chi connectivity index (χ3v) is 4.19. The zero-order valence-electron chi connectivity index (χ0n) is 10.4. The van der Waals surface area contributed by atoms with Gasteiger partial charge in [-0.05, 0) is 11.4 Å². The summed E-state index contributed by atoms with van der Waals surface area (Å²) in [4.78, 5) is 8.22. The van der Waals surface area contributed by atoms with Gasteiger partial charge < -0.3 is 9.88 Å². The van der Waals surface area contributed by atoms with Crippen molar-refractivity contribution in [3.63, 3.8) is 0 Å². The average Bonchev–Trinajstić information content (AvgIpc) is 3.08. The maximum atomic E-state index is 4.46. The average molecular weight is 262 g/mol. The minimum atomic E-state index is 1.02. The first-order valence-corrected chi connectivity index (χ1v) is 7.29. The Hall–Kier alpha value is -1.17. The first-order chi connectivity index (χ1) is 8.93. The van der Waals surface area contributed by atoms with Gasteiger partial charge in [-0.3, -0.25) is 4.90 Å². The van der Waals surface area contributed by atoms with E-state index in [2.05, 4.69) is 43.5 Å². The zero-order chi connectivity index (χ0) is 12.2. The van der Waals surface area contributed by atoms with E-state index >= 15 is 0 Å². The van der Waals surface area contributed by atoms with Gasteiger partial charge in [0.25, 0.3) is 0 Å². The van der Waals surface area contributed by atoms with E-state index in [9.17, 15) is 0 Å². The van der Waals surface area contributed by atoms with Gasteiger partial charge in [0.05, 0.1) is 4.88 Å². The lowest BCUT2D eigenvalue weighted by atomic mass is 10.3. The first-order valence-electron chi connectivity index (χ1n) is 6.41. The lowest BCUT2D eigenvalue weighted by Crippen LogP contribution is -2.44. The molecule has 1 aliphatic rings. The smallest absolute Gasteiger partial charge is 0.150 e. The zero-order valence-corrected chi connectivity index (χ0v) is 11.2. The van der Waals surface area contributed by atoms with Gasteiger partial charge in [-0.1, -0.05) is 6.07 Å². The molecule has 1 fully saturated rings. The van der Waals surface area contributed by atoms with Gasteiger partial charge in [0.1, 0.15) is 5.82 Å². The molecule has 0 atom stereocenters. The second-order valence-corrected chi connectivity index (χ2v) is 5.46. The van der Waals surface area contributed by atoms with E-state index in [1.165, 1.54) is 4.88 Å². The highest BCUT2D eigenvalue weighted by molar-refractivity contribution is 7.13. The van der Waals surface area contributed by atoms with E-state index in [1.54, 1.807) is 11.3 Å². The molecule has 3 heterocycles. The number of thiophene rings is 1. The van der Waals surface area contributed by atoms with Gasteiger partial charge in [-0.2, -0.15) is 0 Å². The molecule has 5 heteroatoms. The van der Waals surface area contributed by atoms with Crippen molar-refractivity contribution in [3.8, 4) is 10.7 Å². The minimum absolute atomic E-state index is 1.02. The molecule has 0 radical (unpaired) electrons. The summed E-state index contributed by atoms with van der Waals surface area (Å²) in [5.74, 6) is 1.10. The Morgan fingerprint density at radius 1 is 1.28 bits per heavy atom. The maximum absolute atomic E-state index is 4.46. The molecule has 18 heavy (non-hydrogen) atoms. The Balaban J connectivity index is 1.64. The molecule has 0 spiro atoms. The fourth-order valence-electron chi connectivity index (χ4n) is 2.30. The largest absolute Gasteiger partial charge is 0.329 e. The van der Waals surface area contributed by atoms with Crippen LogP contribution in [0.3, 0.4) is 0 Å². The molecule has 2 aromatic heterocycles. The number of hydrogen-bond donors (Lipinski definition) is 1. The number of imidazole rings is 1. The molecule has 0 aromatic carbocycles. The number of aromatic nitrogens is 2. The van der Waals surface area contributed by atoms with Crippen LogP contribution in [0, 0.1) is 0 Å². The summed E-state index contributed by atoms with van der Waals surface area (Å²) >= 11 is 1.75. The molecule has 4 nitrogen and oxygen atoms in total. The summed E-state index contributed by atoms with van der Waals surface area (Å²) in [6.45, 7) is 6.67. The van der Waals surface area contributed by atoms with Crippen LogP contribution in [0.4, 0.5) is 0 Å². The van der Waals surface area contributed by atoms with Gasteiger partial charge in [0.2, 0.25) is 0 Å². The molecule has 1 N–H and O–H groups in total. The number of hydrogen-bond acceptors (Lipinski definition) is 4. The molecule has 3 rings (SSSR count). The summed E-state index contributed by atoms with van der Waals surface area (Å²) in [6.07, 6.45) is 3.98. The standard InChI is InChI=1S/C13H18N4S/c1-2-12(18-11-1)13-15-5-8-17(13)10-9-16-6-3-14-4-7-16/h1-2,5,8,11,14H,3-4,6-7,9-10H2. The van der Waals surface area contributed by atoms with E-state index in [-0.39, 0.29) is 0 Å². The molecule has 1 saturated heterocycles. The van der Waals surface area contributed by atoms with Crippen molar-refractivity contribution in [1.29, 1.82) is 0 Å². The fraction of sp³-hybridized carbons (Fsp3) is 0.462. The normalized spacial score (nSPS) is 17.1. The molecular weight excluding hydrogens is 244 g/mol. The Labute approximate surface area is 111 Å². The second kappa shape index (κ2) is 5.65. The van der Waals surface area contributed by atoms with E-state index in [1.807, 2.05) is 6.20 Å². The topological polar surface area (TPSA) is 33.1 Å². The van der Waals surface area contributed by atoms with Crippen molar-refractivity contribution < 1.29 is 0 Å². The second-order valence-electron chi connectivity index (χ2n) is 4.51. The SMILES string of the molecule is c1csc(-c2nccn2CCN2CCNCC2)c1. The molecule has 2 aromatic rings. The number of nitrogens with zero attached hydrogens (tertiary/aromatic N) is 3. The summed E-state index contributed by atoms with van der Waals surface area (Å²) in [6, 6.07) is 4.21. The highest BCUT2D eigenvalue weighted by Crippen LogP contribution is 2.22. The van der Waals surface area contributed by atoms with Crippen LogP contribution in [-0.2, 0) is 6.54 Å². The van der Waals surface area contributed by atoms with Gasteiger partial charge >= 0.3 is 0 Å². The quantitative estimate of drug-likeness (QED) is 0.907. The number of rotatable bonds is 4. The van der Waals surface area contributed by atoms with Crippen molar-refractivity contribution in [2.24, 2.45) is 0 Å². The minimum Gasteiger partial charge on any atom is -0.329 e. The van der Waals surface area contributed by atoms with Gasteiger partial charge in [0.15, 0.2) is 0 Å². The van der Waals surface area contributed by atoms with Crippen LogP contribution in [0.25, 0.3) is 10.7 Å². The van der Waals surface area contributed by atoms with Crippen LogP contribution in [0.15, 0.2) is 29.9 Å². The van der Waals surface area contributed by atoms with Crippen LogP contribution in [0.5, 0.6) is 0 Å². The predicted molar refractivity (Wildman–Crippen MR) is 74.8 cm³/mol. The Bertz CT molecular complexity index is 471. The van der Waals surface area contributed by atoms with Crippen molar-refractivity contribution in [1.82, 2.24) is 19.8 Å². The van der Waals surface area contributed by atoms with Gasteiger partial charge in [-0.15, -0.1) is 11.3 Å². The third-order valence-electron chi connectivity index (χ3n) is 3.32. The lowest BCUT2D eigenvalue weighted by molar-refractivity contribution is 0.233. The lowest BCUT2D eigenvalue weighted by Gasteiger charge is -2.27. The first kappa shape index (κ1) is 11.9. The van der Waals surface area contributed by atoms with E-state index in [4.69, 9.17) is 0 Å². The van der Waals surface area contributed by atoms with Gasteiger partial charge in [-0.25, -0.2) is 4.98 Å². The monoisotopic (exact) mass is 262 g/mol. The molecule has 0 unspecified atom stereocenters. The molecular formula is C13H18N4S.